The molecule has 0 aliphatic carbocycles. The molecule has 0 aliphatic heterocycles. The van der Waals surface area contributed by atoms with E-state index < -0.39 is 0 Å². The first-order valence-corrected chi connectivity index (χ1v) is 10.7. The summed E-state index contributed by atoms with van der Waals surface area (Å²) in [6.07, 6.45) is 0. The van der Waals surface area contributed by atoms with Crippen molar-refractivity contribution in [3.8, 4) is 11.8 Å². The summed E-state index contributed by atoms with van der Waals surface area (Å²) < 4.78 is 7.77. The first kappa shape index (κ1) is 22.1. The van der Waals surface area contributed by atoms with E-state index in [0.29, 0.717) is 35.2 Å². The van der Waals surface area contributed by atoms with Gasteiger partial charge in [-0.15, -0.1) is 0 Å². The van der Waals surface area contributed by atoms with Crippen LogP contribution >= 0.6 is 11.6 Å². The fourth-order valence-corrected chi connectivity index (χ4v) is 3.56. The van der Waals surface area contributed by atoms with Crippen LogP contribution < -0.4 is 10.1 Å². The van der Waals surface area contributed by atoms with Crippen molar-refractivity contribution in [2.75, 3.05) is 5.32 Å². The molecule has 0 saturated carbocycles. The number of rotatable bonds is 7. The molecular formula is C26H21ClN4O2. The molecule has 4 rings (SSSR count). The molecule has 0 radical (unpaired) electrons. The van der Waals surface area contributed by atoms with E-state index in [2.05, 4.69) is 16.5 Å². The molecule has 0 spiro atoms. The number of carbonyl (C=O) groups is 1. The van der Waals surface area contributed by atoms with Gasteiger partial charge in [0, 0.05) is 16.3 Å². The van der Waals surface area contributed by atoms with E-state index in [-0.39, 0.29) is 11.6 Å². The number of carbonyl (C=O) groups excluding carboxylic acids is 1. The van der Waals surface area contributed by atoms with Crippen LogP contribution in [0.5, 0.6) is 5.75 Å². The Morgan fingerprint density at radius 1 is 1.09 bits per heavy atom. The minimum absolute atomic E-state index is 0.258. The number of hydrogen-bond acceptors (Lipinski definition) is 4. The van der Waals surface area contributed by atoms with Gasteiger partial charge in [0.15, 0.2) is 5.69 Å². The monoisotopic (exact) mass is 456 g/mol. The highest BCUT2D eigenvalue weighted by atomic mass is 35.5. The SMILES string of the molecule is Cc1cc(C(=O)Nc2ccccc2C#N)nn1Cc1cc(Cl)ccc1OCc1ccccc1. The normalized spacial score (nSPS) is 10.5. The molecule has 1 N–H and O–H groups in total. The number of aryl methyl sites for hydroxylation is 1. The summed E-state index contributed by atoms with van der Waals surface area (Å²) in [5.74, 6) is 0.318. The van der Waals surface area contributed by atoms with Crippen LogP contribution in [0.1, 0.15) is 32.9 Å². The highest BCUT2D eigenvalue weighted by Crippen LogP contribution is 2.25. The summed E-state index contributed by atoms with van der Waals surface area (Å²) in [5, 5.41) is 17.1. The smallest absolute Gasteiger partial charge is 0.276 e. The fraction of sp³-hybridized carbons (Fsp3) is 0.115. The van der Waals surface area contributed by atoms with Gasteiger partial charge in [0.2, 0.25) is 0 Å². The maximum absolute atomic E-state index is 12.7. The lowest BCUT2D eigenvalue weighted by Crippen LogP contribution is -2.14. The fourth-order valence-electron chi connectivity index (χ4n) is 3.37. The molecule has 0 bridgehead atoms. The van der Waals surface area contributed by atoms with Crippen molar-refractivity contribution in [2.24, 2.45) is 0 Å². The molecule has 164 valence electrons. The maximum Gasteiger partial charge on any atom is 0.276 e. The second kappa shape index (κ2) is 10.0. The number of nitriles is 1. The van der Waals surface area contributed by atoms with Crippen LogP contribution in [-0.2, 0) is 13.2 Å². The Balaban J connectivity index is 1.52. The van der Waals surface area contributed by atoms with Crippen molar-refractivity contribution in [2.45, 2.75) is 20.1 Å². The summed E-state index contributed by atoms with van der Waals surface area (Å²) in [4.78, 5) is 12.7. The second-order valence-corrected chi connectivity index (χ2v) is 7.90. The number of hydrogen-bond donors (Lipinski definition) is 1. The van der Waals surface area contributed by atoms with Gasteiger partial charge in [0.1, 0.15) is 18.4 Å². The molecule has 0 fully saturated rings. The lowest BCUT2D eigenvalue weighted by Gasteiger charge is -2.13. The number of nitrogens with zero attached hydrogens (tertiary/aromatic N) is 3. The van der Waals surface area contributed by atoms with E-state index in [9.17, 15) is 10.1 Å². The molecule has 4 aromatic rings. The van der Waals surface area contributed by atoms with E-state index in [0.717, 1.165) is 16.8 Å². The molecule has 7 heteroatoms. The van der Waals surface area contributed by atoms with Crippen molar-refractivity contribution in [3.05, 3.63) is 112 Å². The van der Waals surface area contributed by atoms with Gasteiger partial charge in [-0.05, 0) is 48.9 Å². The third-order valence-electron chi connectivity index (χ3n) is 5.09. The Morgan fingerprint density at radius 3 is 2.64 bits per heavy atom. The molecule has 1 aromatic heterocycles. The molecule has 33 heavy (non-hydrogen) atoms. The minimum Gasteiger partial charge on any atom is -0.489 e. The molecule has 6 nitrogen and oxygen atoms in total. The van der Waals surface area contributed by atoms with Crippen LogP contribution in [0.3, 0.4) is 0 Å². The third kappa shape index (κ3) is 5.40. The van der Waals surface area contributed by atoms with E-state index in [1.807, 2.05) is 49.4 Å². The van der Waals surface area contributed by atoms with E-state index in [1.54, 1.807) is 41.1 Å². The van der Waals surface area contributed by atoms with Gasteiger partial charge in [-0.2, -0.15) is 10.4 Å². The molecule has 0 aliphatic rings. The topological polar surface area (TPSA) is 79.9 Å². The molecule has 1 amide bonds. The van der Waals surface area contributed by atoms with Crippen molar-refractivity contribution in [3.63, 3.8) is 0 Å². The number of para-hydroxylation sites is 1. The van der Waals surface area contributed by atoms with Crippen molar-refractivity contribution in [1.82, 2.24) is 9.78 Å². The maximum atomic E-state index is 12.7. The summed E-state index contributed by atoms with van der Waals surface area (Å²) in [6, 6.07) is 26.0. The van der Waals surface area contributed by atoms with Crippen LogP contribution in [0.4, 0.5) is 5.69 Å². The second-order valence-electron chi connectivity index (χ2n) is 7.47. The summed E-state index contributed by atoms with van der Waals surface area (Å²) in [6.45, 7) is 2.69. The number of ether oxygens (including phenoxy) is 1. The number of benzene rings is 3. The number of aromatic nitrogens is 2. The van der Waals surface area contributed by atoms with Gasteiger partial charge < -0.3 is 10.1 Å². The van der Waals surface area contributed by atoms with Crippen molar-refractivity contribution >= 4 is 23.2 Å². The highest BCUT2D eigenvalue weighted by molar-refractivity contribution is 6.30. The number of halogens is 1. The lowest BCUT2D eigenvalue weighted by atomic mass is 10.2. The van der Waals surface area contributed by atoms with E-state index in [4.69, 9.17) is 16.3 Å². The Morgan fingerprint density at radius 2 is 1.85 bits per heavy atom. The first-order valence-electron chi connectivity index (χ1n) is 10.3. The molecule has 0 unspecified atom stereocenters. The van der Waals surface area contributed by atoms with Crippen LogP contribution in [0.2, 0.25) is 5.02 Å². The number of amides is 1. The zero-order valence-electron chi connectivity index (χ0n) is 18.0. The summed E-state index contributed by atoms with van der Waals surface area (Å²) >= 11 is 6.24. The quantitative estimate of drug-likeness (QED) is 0.392. The summed E-state index contributed by atoms with van der Waals surface area (Å²) in [5.41, 5.74) is 3.82. The molecule has 3 aromatic carbocycles. The Bertz CT molecular complexity index is 1330. The van der Waals surface area contributed by atoms with Crippen LogP contribution in [-0.4, -0.2) is 15.7 Å². The van der Waals surface area contributed by atoms with Crippen LogP contribution in [0, 0.1) is 18.3 Å². The predicted molar refractivity (Wildman–Crippen MR) is 127 cm³/mol. The Labute approximate surface area is 197 Å². The van der Waals surface area contributed by atoms with E-state index >= 15 is 0 Å². The molecule has 0 saturated heterocycles. The first-order chi connectivity index (χ1) is 16.0. The zero-order chi connectivity index (χ0) is 23.2. The average Bonchev–Trinajstić information content (AvgIpc) is 3.20. The molecule has 1 heterocycles. The standard InChI is InChI=1S/C26H21ClN4O2/c1-18-13-24(26(32)29-23-10-6-5-9-20(23)15-28)30-31(18)16-21-14-22(27)11-12-25(21)33-17-19-7-3-2-4-8-19/h2-14H,16-17H2,1H3,(H,29,32). The van der Waals surface area contributed by atoms with Crippen molar-refractivity contribution in [1.29, 1.82) is 5.26 Å². The van der Waals surface area contributed by atoms with Gasteiger partial charge in [-0.3, -0.25) is 9.48 Å². The van der Waals surface area contributed by atoms with E-state index in [1.165, 1.54) is 0 Å². The Kier molecular flexibility index (Phi) is 6.72. The van der Waals surface area contributed by atoms with Crippen LogP contribution in [0.25, 0.3) is 0 Å². The van der Waals surface area contributed by atoms with Gasteiger partial charge in [0.25, 0.3) is 5.91 Å². The lowest BCUT2D eigenvalue weighted by molar-refractivity contribution is 0.102. The molecular weight excluding hydrogens is 436 g/mol. The van der Waals surface area contributed by atoms with Gasteiger partial charge in [-0.1, -0.05) is 54.1 Å². The highest BCUT2D eigenvalue weighted by Gasteiger charge is 2.16. The van der Waals surface area contributed by atoms with Crippen LogP contribution in [0.15, 0.2) is 78.9 Å². The Hall–Kier alpha value is -4.08. The average molecular weight is 457 g/mol. The minimum atomic E-state index is -0.383. The van der Waals surface area contributed by atoms with Gasteiger partial charge in [0.05, 0.1) is 17.8 Å². The molecule has 0 atom stereocenters. The zero-order valence-corrected chi connectivity index (χ0v) is 18.7. The van der Waals surface area contributed by atoms with Gasteiger partial charge >= 0.3 is 0 Å². The number of nitrogens with one attached hydrogen (secondary N) is 1. The number of anilines is 1. The largest absolute Gasteiger partial charge is 0.489 e. The summed E-state index contributed by atoms with van der Waals surface area (Å²) in [7, 11) is 0. The third-order valence-corrected chi connectivity index (χ3v) is 5.32. The van der Waals surface area contributed by atoms with Crippen molar-refractivity contribution < 1.29 is 9.53 Å². The van der Waals surface area contributed by atoms with Gasteiger partial charge in [-0.25, -0.2) is 0 Å². The predicted octanol–water partition coefficient (Wildman–Crippen LogP) is 5.60.